The van der Waals surface area contributed by atoms with Crippen LogP contribution in [0.2, 0.25) is 0 Å². The molecule has 1 fully saturated rings. The van der Waals surface area contributed by atoms with Crippen molar-refractivity contribution < 1.29 is 31.5 Å². The average molecular weight is 466 g/mol. The summed E-state index contributed by atoms with van der Waals surface area (Å²) in [4.78, 5) is 27.3. The number of hydrogen-bond donors (Lipinski definition) is 1. The number of urea groups is 1. The molecule has 9 nitrogen and oxygen atoms in total. The van der Waals surface area contributed by atoms with Crippen molar-refractivity contribution in [2.24, 2.45) is 0 Å². The van der Waals surface area contributed by atoms with Crippen molar-refractivity contribution >= 4 is 27.7 Å². The highest BCUT2D eigenvalue weighted by Crippen LogP contribution is 2.36. The van der Waals surface area contributed by atoms with E-state index in [1.165, 1.54) is 32.1 Å². The maximum absolute atomic E-state index is 14.5. The van der Waals surface area contributed by atoms with Crippen molar-refractivity contribution in [3.8, 4) is 0 Å². The van der Waals surface area contributed by atoms with E-state index in [1.807, 2.05) is 6.92 Å². The molecule has 3 amide bonds. The lowest BCUT2D eigenvalue weighted by molar-refractivity contribution is -0.452. The molecule has 0 spiro atoms. The maximum atomic E-state index is 14.5. The minimum absolute atomic E-state index is 0.0314. The predicted octanol–water partition coefficient (Wildman–Crippen LogP) is 1.98. The standard InChI is InChI=1S/C21H26FN4O5S/c1-13-9-14(31-23-13)11-25-18(27)16-10-15(32(29,30)24-21(4)7-8-21)5-6-17(16)26(19(25)28)12-20(2,3)22/h5-6,9-10,15,24H,7-8,11-12H2,1-4H3/q+1. The molecule has 1 saturated carbocycles. The van der Waals surface area contributed by atoms with Gasteiger partial charge >= 0.3 is 11.9 Å². The highest BCUT2D eigenvalue weighted by molar-refractivity contribution is 7.90. The second-order valence-corrected chi connectivity index (χ2v) is 11.2. The maximum Gasteiger partial charge on any atom is 0.501 e. The number of nitrogens with one attached hydrogen (secondary N) is 1. The minimum Gasteiger partial charge on any atom is -0.357 e. The van der Waals surface area contributed by atoms with Crippen LogP contribution in [-0.4, -0.2) is 63.7 Å². The molecule has 4 rings (SSSR count). The third-order valence-corrected chi connectivity index (χ3v) is 7.34. The van der Waals surface area contributed by atoms with Crippen molar-refractivity contribution in [3.63, 3.8) is 0 Å². The highest BCUT2D eigenvalue weighted by atomic mass is 32.2. The largest absolute Gasteiger partial charge is 0.501 e. The van der Waals surface area contributed by atoms with E-state index in [1.54, 1.807) is 13.0 Å². The van der Waals surface area contributed by atoms with Crippen LogP contribution in [0.25, 0.3) is 0 Å². The van der Waals surface area contributed by atoms with Gasteiger partial charge in [-0.1, -0.05) is 11.2 Å². The van der Waals surface area contributed by atoms with Crippen LogP contribution < -0.4 is 4.72 Å². The number of imide groups is 1. The van der Waals surface area contributed by atoms with Gasteiger partial charge in [0, 0.05) is 11.6 Å². The Hall–Kier alpha value is -2.66. The molecule has 2 heterocycles. The van der Waals surface area contributed by atoms with Crippen molar-refractivity contribution in [2.75, 3.05) is 6.54 Å². The van der Waals surface area contributed by atoms with E-state index in [0.29, 0.717) is 5.69 Å². The number of alkyl halides is 1. The molecule has 1 aromatic rings. The van der Waals surface area contributed by atoms with Gasteiger partial charge in [0.1, 0.15) is 28.7 Å². The first kappa shape index (κ1) is 22.5. The summed E-state index contributed by atoms with van der Waals surface area (Å²) in [5.41, 5.74) is -1.43. The smallest absolute Gasteiger partial charge is 0.357 e. The quantitative estimate of drug-likeness (QED) is 0.616. The highest BCUT2D eigenvalue weighted by Gasteiger charge is 2.49. The zero-order chi connectivity index (χ0) is 23.5. The average Bonchev–Trinajstić information content (AvgIpc) is 3.25. The zero-order valence-corrected chi connectivity index (χ0v) is 19.2. The Balaban J connectivity index is 1.74. The van der Waals surface area contributed by atoms with Gasteiger partial charge in [-0.05, 0) is 52.7 Å². The zero-order valence-electron chi connectivity index (χ0n) is 18.4. The molecule has 0 saturated heterocycles. The number of amides is 3. The number of carbonyl (C=O) groups excluding carboxylic acids is 2. The van der Waals surface area contributed by atoms with E-state index in [4.69, 9.17) is 4.52 Å². The van der Waals surface area contributed by atoms with E-state index in [0.717, 1.165) is 22.3 Å². The minimum atomic E-state index is -3.79. The number of hydrogen-bond acceptors (Lipinski definition) is 6. The summed E-state index contributed by atoms with van der Waals surface area (Å²) in [6, 6.07) is 0.878. The summed E-state index contributed by atoms with van der Waals surface area (Å²) in [6.07, 6.45) is 5.61. The van der Waals surface area contributed by atoms with Crippen LogP contribution in [-0.2, 0) is 21.4 Å². The van der Waals surface area contributed by atoms with E-state index >= 15 is 0 Å². The number of aryl methyl sites for hydroxylation is 1. The number of rotatable bonds is 7. The second kappa shape index (κ2) is 7.45. The molecule has 1 N–H and O–H groups in total. The summed E-state index contributed by atoms with van der Waals surface area (Å²) < 4.78 is 49.2. The van der Waals surface area contributed by atoms with E-state index in [2.05, 4.69) is 9.88 Å². The molecule has 0 radical (unpaired) electrons. The Morgan fingerprint density at radius 2 is 2.06 bits per heavy atom. The van der Waals surface area contributed by atoms with Gasteiger partial charge in [0.05, 0.1) is 5.69 Å². The Morgan fingerprint density at radius 1 is 1.38 bits per heavy atom. The summed E-state index contributed by atoms with van der Waals surface area (Å²) in [5, 5.41) is 2.67. The third-order valence-electron chi connectivity index (χ3n) is 5.55. The molecular formula is C21H26FN4O5S+. The molecule has 32 heavy (non-hydrogen) atoms. The Labute approximate surface area is 185 Å². The Morgan fingerprint density at radius 3 is 2.62 bits per heavy atom. The van der Waals surface area contributed by atoms with Gasteiger partial charge < -0.3 is 4.52 Å². The summed E-state index contributed by atoms with van der Waals surface area (Å²) in [5.74, 6) is -0.388. The normalized spacial score (nSPS) is 22.8. The molecule has 11 heteroatoms. The molecule has 1 aliphatic heterocycles. The van der Waals surface area contributed by atoms with Gasteiger partial charge in [-0.3, -0.25) is 0 Å². The SMILES string of the molecule is Cc1cc(CN2C(=O)C3=CC(S(=O)(=O)NC4(C)CC4)C=CC3=[N+](CC(C)(C)F)C2=O)on1. The molecule has 1 aromatic heterocycles. The Kier molecular flexibility index (Phi) is 5.24. The monoisotopic (exact) mass is 465 g/mol. The lowest BCUT2D eigenvalue weighted by Crippen LogP contribution is -2.53. The van der Waals surface area contributed by atoms with Crippen molar-refractivity contribution in [3.05, 3.63) is 41.3 Å². The summed E-state index contributed by atoms with van der Waals surface area (Å²) >= 11 is 0. The van der Waals surface area contributed by atoms with Gasteiger partial charge in [0.15, 0.2) is 12.3 Å². The molecule has 2 aliphatic carbocycles. The fourth-order valence-corrected chi connectivity index (χ4v) is 5.31. The third kappa shape index (κ3) is 4.44. The van der Waals surface area contributed by atoms with Gasteiger partial charge in [0.25, 0.3) is 0 Å². The van der Waals surface area contributed by atoms with Gasteiger partial charge in [-0.15, -0.1) is 4.90 Å². The second-order valence-electron chi connectivity index (χ2n) is 9.41. The fraction of sp³-hybridized carbons (Fsp3) is 0.524. The van der Waals surface area contributed by atoms with Crippen molar-refractivity contribution in [1.29, 1.82) is 0 Å². The first-order valence-electron chi connectivity index (χ1n) is 10.3. The summed E-state index contributed by atoms with van der Waals surface area (Å²) in [7, 11) is -3.79. The molecule has 3 aliphatic rings. The van der Waals surface area contributed by atoms with Crippen LogP contribution in [0.5, 0.6) is 0 Å². The number of halogens is 1. The van der Waals surface area contributed by atoms with Crippen LogP contribution in [0.4, 0.5) is 9.18 Å². The molecule has 1 atom stereocenters. The fourth-order valence-electron chi connectivity index (χ4n) is 3.69. The van der Waals surface area contributed by atoms with Gasteiger partial charge in [-0.2, -0.15) is 9.37 Å². The number of aromatic nitrogens is 1. The van der Waals surface area contributed by atoms with Crippen LogP contribution in [0, 0.1) is 6.92 Å². The van der Waals surface area contributed by atoms with Gasteiger partial charge in [-0.25, -0.2) is 22.3 Å². The van der Waals surface area contributed by atoms with E-state index in [-0.39, 0.29) is 30.1 Å². The first-order valence-corrected chi connectivity index (χ1v) is 11.9. The van der Waals surface area contributed by atoms with Crippen molar-refractivity contribution in [2.45, 2.75) is 63.5 Å². The van der Waals surface area contributed by atoms with Crippen molar-refractivity contribution in [1.82, 2.24) is 14.8 Å². The number of allylic oxidation sites excluding steroid dienone is 1. The van der Waals surface area contributed by atoms with E-state index < -0.39 is 38.4 Å². The number of carbonyl (C=O) groups is 2. The summed E-state index contributed by atoms with van der Waals surface area (Å²) in [6.45, 7) is 5.65. The number of nitrogens with zero attached hydrogens (tertiary/aromatic N) is 3. The molecular weight excluding hydrogens is 439 g/mol. The van der Waals surface area contributed by atoms with Crippen LogP contribution >= 0.6 is 0 Å². The predicted molar refractivity (Wildman–Crippen MR) is 113 cm³/mol. The molecule has 172 valence electrons. The Bertz CT molecular complexity index is 1180. The molecule has 0 bridgehead atoms. The van der Waals surface area contributed by atoms with Crippen LogP contribution in [0.3, 0.4) is 0 Å². The molecule has 1 unspecified atom stereocenters. The lowest BCUT2D eigenvalue weighted by atomic mass is 9.98. The number of sulfonamides is 1. The number of fused-ring (bicyclic) bond motifs is 1. The van der Waals surface area contributed by atoms with E-state index in [9.17, 15) is 22.4 Å². The van der Waals surface area contributed by atoms with Crippen LogP contribution in [0.15, 0.2) is 34.4 Å². The lowest BCUT2D eigenvalue weighted by Gasteiger charge is -2.27. The molecule has 0 aromatic carbocycles. The van der Waals surface area contributed by atoms with Crippen LogP contribution in [0.1, 0.15) is 45.1 Å². The van der Waals surface area contributed by atoms with Gasteiger partial charge in [0.2, 0.25) is 10.0 Å². The topological polar surface area (TPSA) is 113 Å². The first-order chi connectivity index (χ1) is 14.8.